The van der Waals surface area contributed by atoms with E-state index >= 15 is 0 Å². The standard InChI is InChI=1S/C18H19N7O2/c26-18(14-3-1-5-16(11-14)25-13-21-22-23-25)20-12-15-4-2-6-19-17(15)24-7-9-27-10-8-24/h1-6,11,13H,7-10,12H2,(H,20,26). The van der Waals surface area contributed by atoms with E-state index in [1.807, 2.05) is 18.2 Å². The maximum absolute atomic E-state index is 12.6. The summed E-state index contributed by atoms with van der Waals surface area (Å²) in [6.07, 6.45) is 3.26. The van der Waals surface area contributed by atoms with E-state index in [9.17, 15) is 4.79 Å². The predicted molar refractivity (Wildman–Crippen MR) is 97.6 cm³/mol. The fraction of sp³-hybridized carbons (Fsp3) is 0.278. The molecule has 1 aliphatic rings. The van der Waals surface area contributed by atoms with Gasteiger partial charge in [-0.15, -0.1) is 5.10 Å². The van der Waals surface area contributed by atoms with E-state index < -0.39 is 0 Å². The molecule has 4 rings (SSSR count). The highest BCUT2D eigenvalue weighted by Crippen LogP contribution is 2.18. The molecule has 2 aromatic heterocycles. The van der Waals surface area contributed by atoms with Crippen LogP contribution in [0.5, 0.6) is 0 Å². The minimum Gasteiger partial charge on any atom is -0.378 e. The number of rotatable bonds is 5. The van der Waals surface area contributed by atoms with Crippen molar-refractivity contribution in [3.8, 4) is 5.69 Å². The zero-order chi connectivity index (χ0) is 18.5. The van der Waals surface area contributed by atoms with E-state index in [2.05, 4.69) is 30.7 Å². The maximum atomic E-state index is 12.6. The van der Waals surface area contributed by atoms with Crippen LogP contribution in [0.2, 0.25) is 0 Å². The highest BCUT2D eigenvalue weighted by molar-refractivity contribution is 5.94. The van der Waals surface area contributed by atoms with Gasteiger partial charge in [-0.1, -0.05) is 12.1 Å². The van der Waals surface area contributed by atoms with Crippen molar-refractivity contribution in [2.75, 3.05) is 31.2 Å². The molecule has 1 fully saturated rings. The predicted octanol–water partition coefficient (Wildman–Crippen LogP) is 0.824. The lowest BCUT2D eigenvalue weighted by Gasteiger charge is -2.29. The number of hydrogen-bond donors (Lipinski definition) is 1. The van der Waals surface area contributed by atoms with Crippen molar-refractivity contribution in [1.29, 1.82) is 0 Å². The molecule has 3 aromatic rings. The summed E-state index contributed by atoms with van der Waals surface area (Å²) >= 11 is 0. The second kappa shape index (κ2) is 7.92. The van der Waals surface area contributed by atoms with E-state index in [4.69, 9.17) is 4.74 Å². The lowest BCUT2D eigenvalue weighted by molar-refractivity contribution is 0.0950. The SMILES string of the molecule is O=C(NCc1cccnc1N1CCOCC1)c1cccc(-n2cnnn2)c1. The number of tetrazole rings is 1. The molecule has 1 aliphatic heterocycles. The number of ether oxygens (including phenoxy) is 1. The van der Waals surface area contributed by atoms with Crippen molar-refractivity contribution >= 4 is 11.7 Å². The Morgan fingerprint density at radius 3 is 2.89 bits per heavy atom. The van der Waals surface area contributed by atoms with Crippen LogP contribution in [-0.2, 0) is 11.3 Å². The van der Waals surface area contributed by atoms with Crippen LogP contribution in [-0.4, -0.2) is 57.4 Å². The molecule has 0 unspecified atom stereocenters. The van der Waals surface area contributed by atoms with Crippen LogP contribution in [0.15, 0.2) is 48.9 Å². The smallest absolute Gasteiger partial charge is 0.251 e. The summed E-state index contributed by atoms with van der Waals surface area (Å²) in [6, 6.07) is 11.0. The van der Waals surface area contributed by atoms with Crippen molar-refractivity contribution in [3.05, 3.63) is 60.0 Å². The fourth-order valence-corrected chi connectivity index (χ4v) is 2.97. The van der Waals surface area contributed by atoms with E-state index in [1.54, 1.807) is 24.4 Å². The molecule has 1 N–H and O–H groups in total. The third-order valence-electron chi connectivity index (χ3n) is 4.34. The van der Waals surface area contributed by atoms with Gasteiger partial charge in [0.05, 0.1) is 18.9 Å². The fourth-order valence-electron chi connectivity index (χ4n) is 2.97. The number of pyridine rings is 1. The second-order valence-corrected chi connectivity index (χ2v) is 6.07. The van der Waals surface area contributed by atoms with Gasteiger partial charge < -0.3 is 15.0 Å². The minimum absolute atomic E-state index is 0.165. The first-order valence-electron chi connectivity index (χ1n) is 8.69. The second-order valence-electron chi connectivity index (χ2n) is 6.07. The number of nitrogens with zero attached hydrogens (tertiary/aromatic N) is 6. The van der Waals surface area contributed by atoms with Crippen LogP contribution in [0.1, 0.15) is 15.9 Å². The number of hydrogen-bond acceptors (Lipinski definition) is 7. The number of anilines is 1. The lowest BCUT2D eigenvalue weighted by Crippen LogP contribution is -2.37. The summed E-state index contributed by atoms with van der Waals surface area (Å²) in [4.78, 5) is 19.3. The Labute approximate surface area is 156 Å². The lowest BCUT2D eigenvalue weighted by atomic mass is 10.1. The first-order chi connectivity index (χ1) is 13.3. The van der Waals surface area contributed by atoms with Gasteiger partial charge in [0.1, 0.15) is 12.1 Å². The number of amides is 1. The molecule has 9 nitrogen and oxygen atoms in total. The van der Waals surface area contributed by atoms with Gasteiger partial charge >= 0.3 is 0 Å². The number of morpholine rings is 1. The van der Waals surface area contributed by atoms with E-state index in [-0.39, 0.29) is 5.91 Å². The Balaban J connectivity index is 1.46. The van der Waals surface area contributed by atoms with E-state index in [0.717, 1.165) is 30.2 Å². The summed E-state index contributed by atoms with van der Waals surface area (Å²) in [5.41, 5.74) is 2.24. The topological polar surface area (TPSA) is 98.1 Å². The first kappa shape index (κ1) is 17.1. The van der Waals surface area contributed by atoms with Crippen LogP contribution >= 0.6 is 0 Å². The number of nitrogens with one attached hydrogen (secondary N) is 1. The summed E-state index contributed by atoms with van der Waals surface area (Å²) in [6.45, 7) is 3.37. The Morgan fingerprint density at radius 1 is 1.19 bits per heavy atom. The molecule has 1 amide bonds. The molecule has 0 radical (unpaired) electrons. The normalized spacial score (nSPS) is 14.1. The van der Waals surface area contributed by atoms with Crippen molar-refractivity contribution < 1.29 is 9.53 Å². The summed E-state index contributed by atoms with van der Waals surface area (Å²) in [7, 11) is 0. The molecule has 1 aromatic carbocycles. The third-order valence-corrected chi connectivity index (χ3v) is 4.34. The molecule has 0 saturated carbocycles. The van der Waals surface area contributed by atoms with Crippen LogP contribution in [0, 0.1) is 0 Å². The van der Waals surface area contributed by atoms with Gasteiger partial charge in [0.25, 0.3) is 5.91 Å². The molecular weight excluding hydrogens is 346 g/mol. The molecule has 0 aliphatic carbocycles. The zero-order valence-electron chi connectivity index (χ0n) is 14.7. The number of aromatic nitrogens is 5. The van der Waals surface area contributed by atoms with Gasteiger partial charge in [0.2, 0.25) is 0 Å². The monoisotopic (exact) mass is 365 g/mol. The van der Waals surface area contributed by atoms with Gasteiger partial charge in [0, 0.05) is 37.0 Å². The molecule has 0 atom stereocenters. The molecule has 9 heteroatoms. The Hall–Kier alpha value is -3.33. The number of benzene rings is 1. The average molecular weight is 365 g/mol. The van der Waals surface area contributed by atoms with Crippen molar-refractivity contribution in [2.45, 2.75) is 6.54 Å². The first-order valence-corrected chi connectivity index (χ1v) is 8.69. The van der Waals surface area contributed by atoms with Crippen molar-refractivity contribution in [1.82, 2.24) is 30.5 Å². The van der Waals surface area contributed by atoms with Crippen LogP contribution in [0.4, 0.5) is 5.82 Å². The molecular formula is C18H19N7O2. The van der Waals surface area contributed by atoms with Gasteiger partial charge in [-0.3, -0.25) is 4.79 Å². The Bertz CT molecular complexity index is 908. The Morgan fingerprint density at radius 2 is 2.07 bits per heavy atom. The average Bonchev–Trinajstić information content (AvgIpc) is 3.28. The molecule has 1 saturated heterocycles. The molecule has 3 heterocycles. The summed E-state index contributed by atoms with van der Waals surface area (Å²) < 4.78 is 6.91. The zero-order valence-corrected chi connectivity index (χ0v) is 14.7. The molecule has 0 spiro atoms. The van der Waals surface area contributed by atoms with Crippen LogP contribution < -0.4 is 10.2 Å². The van der Waals surface area contributed by atoms with Gasteiger partial charge in [-0.2, -0.15) is 0 Å². The molecule has 27 heavy (non-hydrogen) atoms. The maximum Gasteiger partial charge on any atom is 0.251 e. The molecule has 138 valence electrons. The number of carbonyl (C=O) groups excluding carboxylic acids is 1. The highest BCUT2D eigenvalue weighted by atomic mass is 16.5. The van der Waals surface area contributed by atoms with Crippen LogP contribution in [0.3, 0.4) is 0 Å². The highest BCUT2D eigenvalue weighted by Gasteiger charge is 2.16. The van der Waals surface area contributed by atoms with E-state index in [0.29, 0.717) is 25.3 Å². The molecule has 0 bridgehead atoms. The van der Waals surface area contributed by atoms with Crippen molar-refractivity contribution in [2.24, 2.45) is 0 Å². The Kier molecular flexibility index (Phi) is 5.01. The summed E-state index contributed by atoms with van der Waals surface area (Å²) in [5, 5.41) is 14.0. The summed E-state index contributed by atoms with van der Waals surface area (Å²) in [5.74, 6) is 0.727. The van der Waals surface area contributed by atoms with Gasteiger partial charge in [-0.25, -0.2) is 9.67 Å². The van der Waals surface area contributed by atoms with Crippen LogP contribution in [0.25, 0.3) is 5.69 Å². The quantitative estimate of drug-likeness (QED) is 0.715. The van der Waals surface area contributed by atoms with Gasteiger partial charge in [0.15, 0.2) is 0 Å². The number of carbonyl (C=O) groups is 1. The largest absolute Gasteiger partial charge is 0.378 e. The third kappa shape index (κ3) is 3.93. The van der Waals surface area contributed by atoms with E-state index in [1.165, 1.54) is 11.0 Å². The van der Waals surface area contributed by atoms with Gasteiger partial charge in [-0.05, 0) is 34.7 Å². The minimum atomic E-state index is -0.165. The van der Waals surface area contributed by atoms with Crippen molar-refractivity contribution in [3.63, 3.8) is 0 Å².